The van der Waals surface area contributed by atoms with E-state index < -0.39 is 11.6 Å². The first-order chi connectivity index (χ1) is 5.75. The summed E-state index contributed by atoms with van der Waals surface area (Å²) < 4.78 is 30.4. The van der Waals surface area contributed by atoms with Crippen molar-refractivity contribution in [1.29, 1.82) is 0 Å². The molecule has 0 saturated heterocycles. The molecule has 4 heteroatoms. The smallest absolute Gasteiger partial charge is 0.190 e. The molecule has 1 nitrogen and oxygen atoms in total. The number of rotatable bonds is 3. The number of ether oxygens (including phenoxy) is 1. The second kappa shape index (κ2) is 4.30. The molecule has 0 aliphatic carbocycles. The monoisotopic (exact) mass is 190 g/mol. The third-order valence-corrected chi connectivity index (χ3v) is 1.44. The molecule has 0 N–H and O–H groups in total. The van der Waals surface area contributed by atoms with Gasteiger partial charge in [-0.3, -0.25) is 0 Å². The van der Waals surface area contributed by atoms with Gasteiger partial charge in [-0.25, -0.2) is 8.78 Å². The average Bonchev–Trinajstić information content (AvgIpc) is 2.04. The van der Waals surface area contributed by atoms with Crippen LogP contribution >= 0.6 is 12.6 Å². The first kappa shape index (κ1) is 9.32. The van der Waals surface area contributed by atoms with E-state index in [9.17, 15) is 8.78 Å². The van der Waals surface area contributed by atoms with Gasteiger partial charge in [-0.1, -0.05) is 6.07 Å². The fraction of sp³-hybridized carbons (Fsp3) is 0.250. The molecule has 0 amide bonds. The maximum atomic E-state index is 12.8. The Kier molecular flexibility index (Phi) is 3.34. The van der Waals surface area contributed by atoms with Crippen molar-refractivity contribution in [3.8, 4) is 5.75 Å². The van der Waals surface area contributed by atoms with Gasteiger partial charge in [0.2, 0.25) is 0 Å². The largest absolute Gasteiger partial charge is 0.487 e. The minimum absolute atomic E-state index is 0.195. The molecular formula is C8H8F2OS. The maximum Gasteiger partial charge on any atom is 0.190 e. The van der Waals surface area contributed by atoms with E-state index >= 15 is 0 Å². The predicted octanol–water partition coefficient (Wildman–Crippen LogP) is 2.27. The van der Waals surface area contributed by atoms with Crippen LogP contribution < -0.4 is 4.74 Å². The molecule has 66 valence electrons. The lowest BCUT2D eigenvalue weighted by atomic mass is 10.3. The summed E-state index contributed by atoms with van der Waals surface area (Å²) in [6.45, 7) is 0.195. The van der Waals surface area contributed by atoms with Crippen LogP contribution in [0.1, 0.15) is 0 Å². The molecule has 1 aromatic carbocycles. The second-order valence-electron chi connectivity index (χ2n) is 2.12. The van der Waals surface area contributed by atoms with E-state index in [4.69, 9.17) is 4.74 Å². The third-order valence-electron chi connectivity index (χ3n) is 1.26. The first-order valence-corrected chi connectivity index (χ1v) is 4.06. The van der Waals surface area contributed by atoms with E-state index in [0.717, 1.165) is 12.1 Å². The van der Waals surface area contributed by atoms with E-state index in [1.54, 1.807) is 0 Å². The van der Waals surface area contributed by atoms with Crippen LogP contribution in [0.15, 0.2) is 18.2 Å². The Bertz CT molecular complexity index is 245. The Morgan fingerprint density at radius 1 is 1.25 bits per heavy atom. The van der Waals surface area contributed by atoms with E-state index in [-0.39, 0.29) is 12.4 Å². The highest BCUT2D eigenvalue weighted by atomic mass is 32.1. The van der Waals surface area contributed by atoms with Crippen molar-refractivity contribution in [2.45, 2.75) is 0 Å². The van der Waals surface area contributed by atoms with Crippen molar-refractivity contribution in [3.63, 3.8) is 0 Å². The molecule has 0 spiro atoms. The molecule has 12 heavy (non-hydrogen) atoms. The van der Waals surface area contributed by atoms with E-state index in [2.05, 4.69) is 12.6 Å². The molecule has 0 radical (unpaired) electrons. The van der Waals surface area contributed by atoms with Crippen LogP contribution in [0.25, 0.3) is 0 Å². The molecule has 0 aliphatic rings. The first-order valence-electron chi connectivity index (χ1n) is 3.43. The molecule has 0 aromatic heterocycles. The highest BCUT2D eigenvalue weighted by Gasteiger charge is 2.07. The van der Waals surface area contributed by atoms with Gasteiger partial charge in [0.05, 0.1) is 6.61 Å². The summed E-state index contributed by atoms with van der Waals surface area (Å²) in [6, 6.07) is 3.59. The van der Waals surface area contributed by atoms with Crippen LogP contribution in [-0.4, -0.2) is 12.4 Å². The number of halogens is 2. The summed E-state index contributed by atoms with van der Waals surface area (Å²) >= 11 is 3.85. The summed E-state index contributed by atoms with van der Waals surface area (Å²) in [7, 11) is 0. The van der Waals surface area contributed by atoms with Crippen molar-refractivity contribution in [1.82, 2.24) is 0 Å². The Labute approximate surface area is 74.8 Å². The quantitative estimate of drug-likeness (QED) is 0.719. The standard InChI is InChI=1S/C8H8F2OS/c9-6-2-1-3-7(10)8(6)11-4-5-12/h1-3,12H,4-5H2. The number of thiol groups is 1. The Hall–Kier alpha value is -0.770. The zero-order chi connectivity index (χ0) is 8.97. The molecule has 0 saturated carbocycles. The SMILES string of the molecule is Fc1cccc(F)c1OCCS. The molecule has 0 aliphatic heterocycles. The lowest BCUT2D eigenvalue weighted by molar-refractivity contribution is 0.306. The van der Waals surface area contributed by atoms with E-state index in [1.807, 2.05) is 0 Å². The van der Waals surface area contributed by atoms with Gasteiger partial charge in [-0.05, 0) is 12.1 Å². The van der Waals surface area contributed by atoms with Gasteiger partial charge in [0.1, 0.15) is 0 Å². The maximum absolute atomic E-state index is 12.8. The minimum Gasteiger partial charge on any atom is -0.487 e. The van der Waals surface area contributed by atoms with Crippen LogP contribution in [0.5, 0.6) is 5.75 Å². The molecule has 0 heterocycles. The van der Waals surface area contributed by atoms with Gasteiger partial charge in [0, 0.05) is 5.75 Å². The van der Waals surface area contributed by atoms with E-state index in [1.165, 1.54) is 6.07 Å². The van der Waals surface area contributed by atoms with Gasteiger partial charge < -0.3 is 4.74 Å². The molecule has 0 atom stereocenters. The molecule has 1 rings (SSSR count). The summed E-state index contributed by atoms with van der Waals surface area (Å²) in [5.41, 5.74) is 0. The summed E-state index contributed by atoms with van der Waals surface area (Å²) in [4.78, 5) is 0. The van der Waals surface area contributed by atoms with Crippen LogP contribution in [-0.2, 0) is 0 Å². The zero-order valence-corrected chi connectivity index (χ0v) is 7.15. The summed E-state index contributed by atoms with van der Waals surface area (Å²) in [6.07, 6.45) is 0. The molecular weight excluding hydrogens is 182 g/mol. The van der Waals surface area contributed by atoms with Crippen molar-refractivity contribution < 1.29 is 13.5 Å². The van der Waals surface area contributed by atoms with Crippen molar-refractivity contribution in [2.24, 2.45) is 0 Å². The predicted molar refractivity (Wildman–Crippen MR) is 45.7 cm³/mol. The summed E-state index contributed by atoms with van der Waals surface area (Å²) in [5, 5.41) is 0. The summed E-state index contributed by atoms with van der Waals surface area (Å²) in [5.74, 6) is -1.27. The zero-order valence-electron chi connectivity index (χ0n) is 6.26. The van der Waals surface area contributed by atoms with Gasteiger partial charge >= 0.3 is 0 Å². The fourth-order valence-corrected chi connectivity index (χ4v) is 0.859. The molecule has 0 fully saturated rings. The number of hydrogen-bond acceptors (Lipinski definition) is 2. The highest BCUT2D eigenvalue weighted by molar-refractivity contribution is 7.80. The fourth-order valence-electron chi connectivity index (χ4n) is 0.768. The third kappa shape index (κ3) is 2.11. The molecule has 0 bridgehead atoms. The second-order valence-corrected chi connectivity index (χ2v) is 2.57. The van der Waals surface area contributed by atoms with Gasteiger partial charge in [-0.2, -0.15) is 12.6 Å². The normalized spacial score (nSPS) is 9.92. The van der Waals surface area contributed by atoms with Crippen LogP contribution in [0, 0.1) is 11.6 Å². The number of benzene rings is 1. The Morgan fingerprint density at radius 3 is 2.33 bits per heavy atom. The molecule has 1 aromatic rings. The Morgan fingerprint density at radius 2 is 1.83 bits per heavy atom. The Balaban J connectivity index is 2.81. The lowest BCUT2D eigenvalue weighted by Gasteiger charge is -2.05. The number of para-hydroxylation sites is 1. The van der Waals surface area contributed by atoms with E-state index in [0.29, 0.717) is 5.75 Å². The van der Waals surface area contributed by atoms with Crippen molar-refractivity contribution in [2.75, 3.05) is 12.4 Å². The minimum atomic E-state index is -0.684. The van der Waals surface area contributed by atoms with Crippen LogP contribution in [0.4, 0.5) is 8.78 Å². The average molecular weight is 190 g/mol. The van der Waals surface area contributed by atoms with Crippen molar-refractivity contribution in [3.05, 3.63) is 29.8 Å². The topological polar surface area (TPSA) is 9.23 Å². The van der Waals surface area contributed by atoms with Crippen LogP contribution in [0.2, 0.25) is 0 Å². The van der Waals surface area contributed by atoms with Gasteiger partial charge in [0.15, 0.2) is 17.4 Å². The number of hydrogen-bond donors (Lipinski definition) is 1. The van der Waals surface area contributed by atoms with Gasteiger partial charge in [-0.15, -0.1) is 0 Å². The lowest BCUT2D eigenvalue weighted by Crippen LogP contribution is -2.01. The van der Waals surface area contributed by atoms with Crippen molar-refractivity contribution >= 4 is 12.6 Å². The van der Waals surface area contributed by atoms with Crippen LogP contribution in [0.3, 0.4) is 0 Å². The van der Waals surface area contributed by atoms with Gasteiger partial charge in [0.25, 0.3) is 0 Å². The molecule has 0 unspecified atom stereocenters. The highest BCUT2D eigenvalue weighted by Crippen LogP contribution is 2.20.